The molecule has 2 unspecified atom stereocenters. The first-order chi connectivity index (χ1) is 9.06. The average molecular weight is 325 g/mol. The molecule has 3 nitrogen and oxygen atoms in total. The predicted octanol–water partition coefficient (Wildman–Crippen LogP) is 3.10. The Morgan fingerprint density at radius 3 is 2.89 bits per heavy atom. The van der Waals surface area contributed by atoms with Gasteiger partial charge in [-0.15, -0.1) is 0 Å². The van der Waals surface area contributed by atoms with Gasteiger partial charge in [0.15, 0.2) is 0 Å². The summed E-state index contributed by atoms with van der Waals surface area (Å²) in [5, 5.41) is 0. The van der Waals surface area contributed by atoms with Gasteiger partial charge in [0.2, 0.25) is 0 Å². The van der Waals surface area contributed by atoms with E-state index in [0.29, 0.717) is 6.54 Å². The smallest absolute Gasteiger partial charge is 0.254 e. The zero-order chi connectivity index (χ0) is 14.0. The van der Waals surface area contributed by atoms with Crippen molar-refractivity contribution in [3.63, 3.8) is 0 Å². The van der Waals surface area contributed by atoms with Crippen molar-refractivity contribution >= 4 is 21.8 Å². The number of nitrogens with zero attached hydrogens (tertiary/aromatic N) is 1. The number of likely N-dealkylation sites (tertiary alicyclic amines) is 1. The fourth-order valence-corrected chi connectivity index (χ4v) is 3.23. The van der Waals surface area contributed by atoms with Gasteiger partial charge in [0.25, 0.3) is 5.91 Å². The number of rotatable bonds is 2. The third-order valence-corrected chi connectivity index (χ3v) is 4.89. The van der Waals surface area contributed by atoms with E-state index in [1.54, 1.807) is 0 Å². The zero-order valence-electron chi connectivity index (χ0n) is 11.5. The minimum Gasteiger partial charge on any atom is -0.332 e. The summed E-state index contributed by atoms with van der Waals surface area (Å²) in [6.07, 6.45) is 3.24. The Morgan fingerprint density at radius 2 is 2.21 bits per heavy atom. The second-order valence-corrected chi connectivity index (χ2v) is 6.15. The van der Waals surface area contributed by atoms with Gasteiger partial charge in [0.1, 0.15) is 0 Å². The molecule has 0 spiro atoms. The minimum atomic E-state index is 0.112. The molecule has 1 saturated heterocycles. The van der Waals surface area contributed by atoms with Gasteiger partial charge in [-0.25, -0.2) is 0 Å². The summed E-state index contributed by atoms with van der Waals surface area (Å²) < 4.78 is 0.979. The van der Waals surface area contributed by atoms with Crippen LogP contribution in [0.15, 0.2) is 22.7 Å². The van der Waals surface area contributed by atoms with Crippen LogP contribution in [-0.2, 0) is 0 Å². The van der Waals surface area contributed by atoms with E-state index in [4.69, 9.17) is 5.73 Å². The summed E-state index contributed by atoms with van der Waals surface area (Å²) in [6, 6.07) is 6.22. The third kappa shape index (κ3) is 2.84. The van der Waals surface area contributed by atoms with Gasteiger partial charge in [-0.05, 0) is 50.8 Å². The van der Waals surface area contributed by atoms with Gasteiger partial charge in [-0.3, -0.25) is 4.79 Å². The predicted molar refractivity (Wildman–Crippen MR) is 81.2 cm³/mol. The second kappa shape index (κ2) is 6.06. The standard InChI is InChI=1S/C15H21BrN2O/c1-10-5-3-6-12(9-17)18(10)15(19)13-7-4-8-14(16)11(13)2/h4,7-8,10,12H,3,5-6,9,17H2,1-2H3. The first-order valence-corrected chi connectivity index (χ1v) is 7.63. The lowest BCUT2D eigenvalue weighted by molar-refractivity contribution is 0.0493. The Hall–Kier alpha value is -0.870. The SMILES string of the molecule is Cc1c(Br)cccc1C(=O)N1C(C)CCCC1CN. The highest BCUT2D eigenvalue weighted by molar-refractivity contribution is 9.10. The number of hydrogen-bond donors (Lipinski definition) is 1. The average Bonchev–Trinajstić information content (AvgIpc) is 2.40. The Morgan fingerprint density at radius 1 is 1.47 bits per heavy atom. The fraction of sp³-hybridized carbons (Fsp3) is 0.533. The van der Waals surface area contributed by atoms with Crippen LogP contribution >= 0.6 is 15.9 Å². The maximum atomic E-state index is 12.8. The lowest BCUT2D eigenvalue weighted by Gasteiger charge is -2.40. The zero-order valence-corrected chi connectivity index (χ0v) is 13.1. The number of halogens is 1. The molecule has 1 heterocycles. The largest absolute Gasteiger partial charge is 0.332 e. The molecule has 0 bridgehead atoms. The van der Waals surface area contributed by atoms with Gasteiger partial charge < -0.3 is 10.6 Å². The van der Waals surface area contributed by atoms with E-state index in [-0.39, 0.29) is 18.0 Å². The quantitative estimate of drug-likeness (QED) is 0.908. The summed E-state index contributed by atoms with van der Waals surface area (Å²) in [6.45, 7) is 4.64. The molecule has 2 N–H and O–H groups in total. The van der Waals surface area contributed by atoms with Crippen molar-refractivity contribution in [1.82, 2.24) is 4.90 Å². The monoisotopic (exact) mass is 324 g/mol. The molecule has 0 aliphatic carbocycles. The van der Waals surface area contributed by atoms with Crippen molar-refractivity contribution in [2.24, 2.45) is 5.73 Å². The Kier molecular flexibility index (Phi) is 4.63. The fourth-order valence-electron chi connectivity index (χ4n) is 2.86. The maximum absolute atomic E-state index is 12.8. The summed E-state index contributed by atoms with van der Waals surface area (Å²) >= 11 is 3.49. The molecule has 0 aromatic heterocycles. The van der Waals surface area contributed by atoms with Crippen LogP contribution in [0.2, 0.25) is 0 Å². The van der Waals surface area contributed by atoms with Gasteiger partial charge in [-0.1, -0.05) is 22.0 Å². The molecule has 0 radical (unpaired) electrons. The lowest BCUT2D eigenvalue weighted by Crippen LogP contribution is -2.52. The summed E-state index contributed by atoms with van der Waals surface area (Å²) in [5.41, 5.74) is 7.62. The number of piperidine rings is 1. The van der Waals surface area contributed by atoms with Crippen molar-refractivity contribution in [2.45, 2.75) is 45.2 Å². The topological polar surface area (TPSA) is 46.3 Å². The summed E-state index contributed by atoms with van der Waals surface area (Å²) in [4.78, 5) is 14.8. The highest BCUT2D eigenvalue weighted by atomic mass is 79.9. The van der Waals surface area contributed by atoms with Crippen molar-refractivity contribution in [3.8, 4) is 0 Å². The first-order valence-electron chi connectivity index (χ1n) is 6.84. The Balaban J connectivity index is 2.33. The van der Waals surface area contributed by atoms with Crippen LogP contribution in [0.3, 0.4) is 0 Å². The molecule has 1 amide bonds. The van der Waals surface area contributed by atoms with E-state index in [1.807, 2.05) is 30.0 Å². The lowest BCUT2D eigenvalue weighted by atomic mass is 9.94. The van der Waals surface area contributed by atoms with Crippen LogP contribution in [0.25, 0.3) is 0 Å². The molecule has 2 atom stereocenters. The van der Waals surface area contributed by atoms with Crippen molar-refractivity contribution in [3.05, 3.63) is 33.8 Å². The molecule has 1 aliphatic heterocycles. The Bertz CT molecular complexity index is 475. The van der Waals surface area contributed by atoms with Gasteiger partial charge in [0, 0.05) is 28.7 Å². The molecule has 19 heavy (non-hydrogen) atoms. The molecule has 1 aromatic carbocycles. The van der Waals surface area contributed by atoms with Crippen LogP contribution in [0.1, 0.15) is 42.1 Å². The summed E-state index contributed by atoms with van der Waals surface area (Å²) in [5.74, 6) is 0.112. The molecule has 104 valence electrons. The van der Waals surface area contributed by atoms with Crippen LogP contribution < -0.4 is 5.73 Å². The normalized spacial score (nSPS) is 23.5. The highest BCUT2D eigenvalue weighted by Gasteiger charge is 2.32. The van der Waals surface area contributed by atoms with Crippen LogP contribution in [0.5, 0.6) is 0 Å². The van der Waals surface area contributed by atoms with E-state index in [0.717, 1.165) is 34.9 Å². The molecule has 2 rings (SSSR count). The summed E-state index contributed by atoms with van der Waals surface area (Å²) in [7, 11) is 0. The Labute approximate surface area is 123 Å². The number of hydrogen-bond acceptors (Lipinski definition) is 2. The molecule has 1 aromatic rings. The van der Waals surface area contributed by atoms with E-state index in [9.17, 15) is 4.79 Å². The van der Waals surface area contributed by atoms with E-state index in [1.165, 1.54) is 0 Å². The highest BCUT2D eigenvalue weighted by Crippen LogP contribution is 2.27. The number of carbonyl (C=O) groups excluding carboxylic acids is 1. The number of carbonyl (C=O) groups is 1. The van der Waals surface area contributed by atoms with E-state index < -0.39 is 0 Å². The van der Waals surface area contributed by atoms with E-state index >= 15 is 0 Å². The van der Waals surface area contributed by atoms with Crippen LogP contribution in [0, 0.1) is 6.92 Å². The number of amides is 1. The maximum Gasteiger partial charge on any atom is 0.254 e. The molecule has 1 fully saturated rings. The first kappa shape index (κ1) is 14.5. The van der Waals surface area contributed by atoms with Crippen LogP contribution in [-0.4, -0.2) is 29.4 Å². The molecule has 4 heteroatoms. The molecular formula is C15H21BrN2O. The van der Waals surface area contributed by atoms with E-state index in [2.05, 4.69) is 22.9 Å². The number of nitrogens with two attached hydrogens (primary N) is 1. The molecular weight excluding hydrogens is 304 g/mol. The minimum absolute atomic E-state index is 0.112. The van der Waals surface area contributed by atoms with Gasteiger partial charge in [-0.2, -0.15) is 0 Å². The van der Waals surface area contributed by atoms with Gasteiger partial charge in [0.05, 0.1) is 0 Å². The number of benzene rings is 1. The molecule has 1 aliphatic rings. The third-order valence-electron chi connectivity index (χ3n) is 4.03. The molecule has 0 saturated carbocycles. The van der Waals surface area contributed by atoms with Crippen molar-refractivity contribution < 1.29 is 4.79 Å². The van der Waals surface area contributed by atoms with Gasteiger partial charge >= 0.3 is 0 Å². The second-order valence-electron chi connectivity index (χ2n) is 5.29. The van der Waals surface area contributed by atoms with Crippen molar-refractivity contribution in [2.75, 3.05) is 6.54 Å². The van der Waals surface area contributed by atoms with Crippen molar-refractivity contribution in [1.29, 1.82) is 0 Å². The van der Waals surface area contributed by atoms with Crippen LogP contribution in [0.4, 0.5) is 0 Å².